The summed E-state index contributed by atoms with van der Waals surface area (Å²) < 4.78 is 4.76. The van der Waals surface area contributed by atoms with E-state index in [-0.39, 0.29) is 24.4 Å². The quantitative estimate of drug-likeness (QED) is 0.552. The Balaban J connectivity index is 2.64. The zero-order valence-electron chi connectivity index (χ0n) is 9.60. The second-order valence-electron chi connectivity index (χ2n) is 3.57. The fourth-order valence-corrected chi connectivity index (χ4v) is 1.35. The molecule has 0 aliphatic carbocycles. The number of carbonyl (C=O) groups excluding carboxylic acids is 2. The summed E-state index contributed by atoms with van der Waals surface area (Å²) in [5.74, 6) is -0.414. The molecular formula is C13H13NO3. The van der Waals surface area contributed by atoms with Crippen LogP contribution < -0.4 is 0 Å². The highest BCUT2D eigenvalue weighted by atomic mass is 16.5. The van der Waals surface area contributed by atoms with Gasteiger partial charge in [0.1, 0.15) is 5.78 Å². The van der Waals surface area contributed by atoms with Crippen molar-refractivity contribution in [2.24, 2.45) is 0 Å². The molecule has 0 N–H and O–H groups in total. The minimum absolute atomic E-state index is 0.141. The predicted molar refractivity (Wildman–Crippen MR) is 61.6 cm³/mol. The van der Waals surface area contributed by atoms with E-state index in [1.165, 1.54) is 13.2 Å². The maximum Gasteiger partial charge on any atom is 0.170 e. The Morgan fingerprint density at radius 1 is 1.41 bits per heavy atom. The van der Waals surface area contributed by atoms with Crippen molar-refractivity contribution in [3.8, 4) is 6.07 Å². The van der Waals surface area contributed by atoms with Crippen LogP contribution in [0.5, 0.6) is 0 Å². The molecule has 0 radical (unpaired) electrons. The van der Waals surface area contributed by atoms with Gasteiger partial charge in [0.2, 0.25) is 0 Å². The van der Waals surface area contributed by atoms with Crippen LogP contribution in [-0.4, -0.2) is 25.3 Å². The highest BCUT2D eigenvalue weighted by molar-refractivity contribution is 6.08. The van der Waals surface area contributed by atoms with Crippen LogP contribution >= 0.6 is 0 Å². The summed E-state index contributed by atoms with van der Waals surface area (Å²) in [5.41, 5.74) is 0.815. The minimum Gasteiger partial charge on any atom is -0.384 e. The molecule has 4 heteroatoms. The smallest absolute Gasteiger partial charge is 0.170 e. The van der Waals surface area contributed by atoms with Crippen molar-refractivity contribution in [2.45, 2.75) is 12.8 Å². The number of Topliss-reactive ketones (excluding diaryl/α,β-unsaturated/α-hetero) is 2. The van der Waals surface area contributed by atoms with Gasteiger partial charge in [-0.2, -0.15) is 5.26 Å². The van der Waals surface area contributed by atoms with Crippen LogP contribution in [0.4, 0.5) is 0 Å². The predicted octanol–water partition coefficient (Wildman–Crippen LogP) is 1.74. The number of benzene rings is 1. The van der Waals surface area contributed by atoms with Gasteiger partial charge in [-0.25, -0.2) is 0 Å². The second kappa shape index (κ2) is 6.56. The molecule has 0 fully saturated rings. The SMILES string of the molecule is COCCC(=O)CC(=O)c1cccc(C#N)c1. The van der Waals surface area contributed by atoms with Crippen molar-refractivity contribution in [3.63, 3.8) is 0 Å². The van der Waals surface area contributed by atoms with Crippen LogP contribution in [0.15, 0.2) is 24.3 Å². The topological polar surface area (TPSA) is 67.2 Å². The van der Waals surface area contributed by atoms with Crippen molar-refractivity contribution >= 4 is 11.6 Å². The largest absolute Gasteiger partial charge is 0.384 e. The fraction of sp³-hybridized carbons (Fsp3) is 0.308. The van der Waals surface area contributed by atoms with Crippen molar-refractivity contribution < 1.29 is 14.3 Å². The molecule has 0 amide bonds. The van der Waals surface area contributed by atoms with E-state index in [4.69, 9.17) is 10.00 Å². The average molecular weight is 231 g/mol. The molecule has 0 spiro atoms. The molecule has 0 atom stereocenters. The monoisotopic (exact) mass is 231 g/mol. The normalized spacial score (nSPS) is 9.65. The molecule has 88 valence electrons. The first-order valence-electron chi connectivity index (χ1n) is 5.21. The number of hydrogen-bond donors (Lipinski definition) is 0. The standard InChI is InChI=1S/C13H13NO3/c1-17-6-5-12(15)8-13(16)11-4-2-3-10(7-11)9-14/h2-4,7H,5-6,8H2,1H3. The molecule has 0 heterocycles. The molecule has 0 bridgehead atoms. The van der Waals surface area contributed by atoms with E-state index in [1.807, 2.05) is 6.07 Å². The summed E-state index contributed by atoms with van der Waals surface area (Å²) in [4.78, 5) is 23.1. The molecule has 0 aromatic heterocycles. The van der Waals surface area contributed by atoms with Crippen molar-refractivity contribution in [1.82, 2.24) is 0 Å². The number of rotatable bonds is 6. The molecule has 0 saturated heterocycles. The maximum absolute atomic E-state index is 11.7. The molecule has 0 aliphatic heterocycles. The third-order valence-electron chi connectivity index (χ3n) is 2.26. The van der Waals surface area contributed by atoms with E-state index in [1.54, 1.807) is 18.2 Å². The Bertz CT molecular complexity index is 460. The Hall–Kier alpha value is -1.99. The summed E-state index contributed by atoms with van der Waals surface area (Å²) in [6, 6.07) is 8.29. The van der Waals surface area contributed by atoms with Gasteiger partial charge in [0, 0.05) is 19.1 Å². The number of methoxy groups -OCH3 is 1. The molecule has 1 aromatic carbocycles. The lowest BCUT2D eigenvalue weighted by atomic mass is 10.0. The molecule has 17 heavy (non-hydrogen) atoms. The van der Waals surface area contributed by atoms with Crippen molar-refractivity contribution in [3.05, 3.63) is 35.4 Å². The van der Waals surface area contributed by atoms with E-state index in [2.05, 4.69) is 0 Å². The molecule has 1 aromatic rings. The Labute approximate surface area is 99.8 Å². The van der Waals surface area contributed by atoms with E-state index in [0.29, 0.717) is 17.7 Å². The maximum atomic E-state index is 11.7. The Kier molecular flexibility index (Phi) is 5.05. The fourth-order valence-electron chi connectivity index (χ4n) is 1.35. The van der Waals surface area contributed by atoms with Gasteiger partial charge in [-0.05, 0) is 12.1 Å². The third kappa shape index (κ3) is 4.17. The number of carbonyl (C=O) groups is 2. The van der Waals surface area contributed by atoms with E-state index in [9.17, 15) is 9.59 Å². The first-order valence-corrected chi connectivity index (χ1v) is 5.21. The van der Waals surface area contributed by atoms with Crippen LogP contribution in [0.2, 0.25) is 0 Å². The zero-order chi connectivity index (χ0) is 12.7. The second-order valence-corrected chi connectivity index (χ2v) is 3.57. The molecule has 1 rings (SSSR count). The zero-order valence-corrected chi connectivity index (χ0v) is 9.60. The van der Waals surface area contributed by atoms with Crippen LogP contribution in [0, 0.1) is 11.3 Å². The van der Waals surface area contributed by atoms with E-state index < -0.39 is 0 Å². The lowest BCUT2D eigenvalue weighted by molar-refractivity contribution is -0.119. The number of hydrogen-bond acceptors (Lipinski definition) is 4. The average Bonchev–Trinajstić information content (AvgIpc) is 2.36. The molecular weight excluding hydrogens is 218 g/mol. The Morgan fingerprint density at radius 3 is 2.82 bits per heavy atom. The lowest BCUT2D eigenvalue weighted by Crippen LogP contribution is -2.10. The van der Waals surface area contributed by atoms with Gasteiger partial charge in [0.05, 0.1) is 24.7 Å². The van der Waals surface area contributed by atoms with Crippen molar-refractivity contribution in [2.75, 3.05) is 13.7 Å². The van der Waals surface area contributed by atoms with Crippen LogP contribution in [0.25, 0.3) is 0 Å². The first-order chi connectivity index (χ1) is 8.17. The minimum atomic E-state index is -0.261. The summed E-state index contributed by atoms with van der Waals surface area (Å²) in [5, 5.41) is 8.70. The van der Waals surface area contributed by atoms with Gasteiger partial charge in [-0.15, -0.1) is 0 Å². The van der Waals surface area contributed by atoms with Crippen LogP contribution in [0.1, 0.15) is 28.8 Å². The van der Waals surface area contributed by atoms with Gasteiger partial charge in [-0.3, -0.25) is 9.59 Å². The number of nitrogens with zero attached hydrogens (tertiary/aromatic N) is 1. The van der Waals surface area contributed by atoms with Crippen LogP contribution in [0.3, 0.4) is 0 Å². The highest BCUT2D eigenvalue weighted by Gasteiger charge is 2.11. The summed E-state index contributed by atoms with van der Waals surface area (Å²) in [6.07, 6.45) is 0.0957. The molecule has 0 saturated carbocycles. The van der Waals surface area contributed by atoms with Gasteiger partial charge >= 0.3 is 0 Å². The molecule has 0 unspecified atom stereocenters. The molecule has 4 nitrogen and oxygen atoms in total. The first kappa shape index (κ1) is 13.1. The number of ether oxygens (including phenoxy) is 1. The van der Waals surface area contributed by atoms with E-state index >= 15 is 0 Å². The third-order valence-corrected chi connectivity index (χ3v) is 2.26. The summed E-state index contributed by atoms with van der Waals surface area (Å²) in [6.45, 7) is 0.324. The number of nitriles is 1. The van der Waals surface area contributed by atoms with E-state index in [0.717, 1.165) is 0 Å². The van der Waals surface area contributed by atoms with Crippen LogP contribution in [-0.2, 0) is 9.53 Å². The van der Waals surface area contributed by atoms with Gasteiger partial charge in [0.25, 0.3) is 0 Å². The van der Waals surface area contributed by atoms with Gasteiger partial charge < -0.3 is 4.74 Å². The van der Waals surface area contributed by atoms with Gasteiger partial charge in [-0.1, -0.05) is 12.1 Å². The number of ketones is 2. The molecule has 0 aliphatic rings. The summed E-state index contributed by atoms with van der Waals surface area (Å²) in [7, 11) is 1.51. The summed E-state index contributed by atoms with van der Waals surface area (Å²) >= 11 is 0. The highest BCUT2D eigenvalue weighted by Crippen LogP contribution is 2.08. The van der Waals surface area contributed by atoms with Crippen molar-refractivity contribution in [1.29, 1.82) is 5.26 Å². The lowest BCUT2D eigenvalue weighted by Gasteiger charge is -2.01. The Morgan fingerprint density at radius 2 is 2.18 bits per heavy atom. The van der Waals surface area contributed by atoms with Gasteiger partial charge in [0.15, 0.2) is 5.78 Å².